The molecule has 1 aliphatic heterocycles. The standard InChI is InChI=1S/C18H26N2/c1-4-15-7-9-17(10-8-15)18-11-16(13-20-18)6-5-14(2)12-19-3/h7-11,13-14,16,19H,4-6,12H2,1-3H3/t14-,16?/m0/s1. The van der Waals surface area contributed by atoms with Crippen molar-refractivity contribution >= 4 is 11.9 Å². The number of rotatable bonds is 7. The molecule has 0 aliphatic carbocycles. The summed E-state index contributed by atoms with van der Waals surface area (Å²) in [7, 11) is 2.02. The molecule has 1 N–H and O–H groups in total. The van der Waals surface area contributed by atoms with E-state index in [-0.39, 0.29) is 0 Å². The largest absolute Gasteiger partial charge is 0.319 e. The van der Waals surface area contributed by atoms with Crippen LogP contribution in [0.3, 0.4) is 0 Å². The second-order valence-corrected chi connectivity index (χ2v) is 5.78. The predicted octanol–water partition coefficient (Wildman–Crippen LogP) is 3.93. The maximum Gasteiger partial charge on any atom is 0.0664 e. The van der Waals surface area contributed by atoms with Crippen molar-refractivity contribution in [3.05, 3.63) is 41.5 Å². The van der Waals surface area contributed by atoms with Crippen LogP contribution in [0.5, 0.6) is 0 Å². The lowest BCUT2D eigenvalue weighted by atomic mass is 9.97. The maximum absolute atomic E-state index is 4.59. The molecule has 1 aromatic rings. The summed E-state index contributed by atoms with van der Waals surface area (Å²) in [5.41, 5.74) is 3.76. The molecular formula is C18H26N2. The molecule has 1 aliphatic rings. The van der Waals surface area contributed by atoms with Gasteiger partial charge < -0.3 is 5.32 Å². The van der Waals surface area contributed by atoms with Crippen molar-refractivity contribution in [2.75, 3.05) is 13.6 Å². The van der Waals surface area contributed by atoms with Crippen molar-refractivity contribution in [1.29, 1.82) is 0 Å². The first-order valence-electron chi connectivity index (χ1n) is 7.72. The Labute approximate surface area is 123 Å². The van der Waals surface area contributed by atoms with Crippen molar-refractivity contribution in [3.63, 3.8) is 0 Å². The zero-order valence-corrected chi connectivity index (χ0v) is 12.9. The molecule has 2 atom stereocenters. The molecule has 0 aromatic heterocycles. The third-order valence-electron chi connectivity index (χ3n) is 3.98. The molecule has 0 amide bonds. The van der Waals surface area contributed by atoms with E-state index in [1.165, 1.54) is 24.0 Å². The molecule has 0 fully saturated rings. The number of allylic oxidation sites excluding steroid dienone is 1. The van der Waals surface area contributed by atoms with Gasteiger partial charge in [-0.3, -0.25) is 4.99 Å². The van der Waals surface area contributed by atoms with Crippen LogP contribution in [0.25, 0.3) is 5.70 Å². The number of hydrogen-bond donors (Lipinski definition) is 1. The van der Waals surface area contributed by atoms with Gasteiger partial charge in [0.15, 0.2) is 0 Å². The summed E-state index contributed by atoms with van der Waals surface area (Å²) in [4.78, 5) is 4.59. The first-order chi connectivity index (χ1) is 9.72. The highest BCUT2D eigenvalue weighted by Gasteiger charge is 2.13. The Balaban J connectivity index is 1.91. The first kappa shape index (κ1) is 15.0. The molecule has 2 heteroatoms. The van der Waals surface area contributed by atoms with E-state index in [0.29, 0.717) is 5.92 Å². The molecule has 1 aromatic carbocycles. The van der Waals surface area contributed by atoms with Crippen LogP contribution in [0, 0.1) is 11.8 Å². The molecule has 108 valence electrons. The minimum absolute atomic E-state index is 0.509. The van der Waals surface area contributed by atoms with Crippen molar-refractivity contribution in [3.8, 4) is 0 Å². The van der Waals surface area contributed by atoms with Crippen LogP contribution >= 0.6 is 0 Å². The summed E-state index contributed by atoms with van der Waals surface area (Å²) >= 11 is 0. The smallest absolute Gasteiger partial charge is 0.0664 e. The van der Waals surface area contributed by atoms with Gasteiger partial charge in [0.05, 0.1) is 5.70 Å². The van der Waals surface area contributed by atoms with Gasteiger partial charge in [-0.1, -0.05) is 38.1 Å². The molecule has 0 radical (unpaired) electrons. The Bertz CT molecular complexity index is 471. The Morgan fingerprint density at radius 2 is 2.00 bits per heavy atom. The fourth-order valence-electron chi connectivity index (χ4n) is 2.63. The van der Waals surface area contributed by atoms with Crippen LogP contribution in [0.4, 0.5) is 0 Å². The van der Waals surface area contributed by atoms with E-state index in [1.807, 2.05) is 7.05 Å². The van der Waals surface area contributed by atoms with E-state index >= 15 is 0 Å². The van der Waals surface area contributed by atoms with Crippen LogP contribution < -0.4 is 5.32 Å². The predicted molar refractivity (Wildman–Crippen MR) is 88.1 cm³/mol. The van der Waals surface area contributed by atoms with Gasteiger partial charge in [-0.05, 0) is 56.0 Å². The fourth-order valence-corrected chi connectivity index (χ4v) is 2.63. The first-order valence-corrected chi connectivity index (χ1v) is 7.72. The SMILES string of the molecule is CCc1ccc(C2=CC(CC[C@H](C)CNC)C=N2)cc1. The minimum Gasteiger partial charge on any atom is -0.319 e. The summed E-state index contributed by atoms with van der Waals surface area (Å²) in [6.07, 6.45) is 7.95. The average molecular weight is 270 g/mol. The van der Waals surface area contributed by atoms with Crippen LogP contribution in [-0.4, -0.2) is 19.8 Å². The molecule has 0 bridgehead atoms. The van der Waals surface area contributed by atoms with Gasteiger partial charge in [0.25, 0.3) is 0 Å². The summed E-state index contributed by atoms with van der Waals surface area (Å²) in [5, 5.41) is 3.24. The Hall–Kier alpha value is -1.41. The lowest BCUT2D eigenvalue weighted by Crippen LogP contribution is -2.16. The Kier molecular flexibility index (Phi) is 5.54. The number of hydrogen-bond acceptors (Lipinski definition) is 2. The number of nitrogens with zero attached hydrogens (tertiary/aromatic N) is 1. The zero-order chi connectivity index (χ0) is 14.4. The normalized spacial score (nSPS) is 19.1. The number of aliphatic imine (C=N–C) groups is 1. The van der Waals surface area contributed by atoms with Crippen molar-refractivity contribution in [2.24, 2.45) is 16.8 Å². The fraction of sp³-hybridized carbons (Fsp3) is 0.500. The summed E-state index contributed by atoms with van der Waals surface area (Å²) < 4.78 is 0. The highest BCUT2D eigenvalue weighted by Crippen LogP contribution is 2.26. The maximum atomic E-state index is 4.59. The van der Waals surface area contributed by atoms with E-state index in [9.17, 15) is 0 Å². The topological polar surface area (TPSA) is 24.4 Å². The number of benzene rings is 1. The highest BCUT2D eigenvalue weighted by molar-refractivity contribution is 5.83. The Morgan fingerprint density at radius 3 is 2.65 bits per heavy atom. The van der Waals surface area contributed by atoms with Gasteiger partial charge in [0, 0.05) is 12.1 Å². The van der Waals surface area contributed by atoms with Gasteiger partial charge >= 0.3 is 0 Å². The molecule has 2 nitrogen and oxygen atoms in total. The summed E-state index contributed by atoms with van der Waals surface area (Å²) in [5.74, 6) is 1.24. The van der Waals surface area contributed by atoms with E-state index in [4.69, 9.17) is 0 Å². The lowest BCUT2D eigenvalue weighted by molar-refractivity contribution is 0.476. The third-order valence-corrected chi connectivity index (χ3v) is 3.98. The van der Waals surface area contributed by atoms with Crippen LogP contribution in [0.15, 0.2) is 35.3 Å². The van der Waals surface area contributed by atoms with Crippen molar-refractivity contribution in [2.45, 2.75) is 33.1 Å². The van der Waals surface area contributed by atoms with Crippen molar-refractivity contribution in [1.82, 2.24) is 5.32 Å². The molecule has 1 heterocycles. The van der Waals surface area contributed by atoms with E-state index in [2.05, 4.69) is 60.7 Å². The molecule has 2 rings (SSSR count). The van der Waals surface area contributed by atoms with Gasteiger partial charge in [0.2, 0.25) is 0 Å². The number of nitrogens with one attached hydrogen (secondary N) is 1. The molecule has 0 spiro atoms. The van der Waals surface area contributed by atoms with Crippen LogP contribution in [0.1, 0.15) is 37.8 Å². The van der Waals surface area contributed by atoms with E-state index in [1.54, 1.807) is 0 Å². The van der Waals surface area contributed by atoms with E-state index in [0.717, 1.165) is 24.6 Å². The second kappa shape index (κ2) is 7.39. The monoisotopic (exact) mass is 270 g/mol. The van der Waals surface area contributed by atoms with E-state index < -0.39 is 0 Å². The molecule has 1 unspecified atom stereocenters. The van der Waals surface area contributed by atoms with Gasteiger partial charge in [-0.25, -0.2) is 0 Å². The summed E-state index contributed by atoms with van der Waals surface area (Å²) in [6, 6.07) is 8.78. The minimum atomic E-state index is 0.509. The lowest BCUT2D eigenvalue weighted by Gasteiger charge is -2.11. The third kappa shape index (κ3) is 4.04. The molecule has 0 saturated heterocycles. The molecule has 0 saturated carbocycles. The highest BCUT2D eigenvalue weighted by atomic mass is 14.8. The number of aryl methyl sites for hydroxylation is 1. The van der Waals surface area contributed by atoms with Gasteiger partial charge in [0.1, 0.15) is 0 Å². The second-order valence-electron chi connectivity index (χ2n) is 5.78. The summed E-state index contributed by atoms with van der Waals surface area (Å²) in [6.45, 7) is 5.58. The Morgan fingerprint density at radius 1 is 1.25 bits per heavy atom. The van der Waals surface area contributed by atoms with Gasteiger partial charge in [-0.2, -0.15) is 0 Å². The van der Waals surface area contributed by atoms with Gasteiger partial charge in [-0.15, -0.1) is 0 Å². The molecule has 20 heavy (non-hydrogen) atoms. The van der Waals surface area contributed by atoms with Crippen LogP contribution in [0.2, 0.25) is 0 Å². The average Bonchev–Trinajstić information content (AvgIpc) is 2.94. The zero-order valence-electron chi connectivity index (χ0n) is 12.9. The van der Waals surface area contributed by atoms with Crippen LogP contribution in [-0.2, 0) is 6.42 Å². The quantitative estimate of drug-likeness (QED) is 0.797. The van der Waals surface area contributed by atoms with Crippen molar-refractivity contribution < 1.29 is 0 Å². The molecular weight excluding hydrogens is 244 g/mol.